The summed E-state index contributed by atoms with van der Waals surface area (Å²) in [4.78, 5) is 27.3. The highest BCUT2D eigenvalue weighted by Gasteiger charge is 2.31. The molecular weight excluding hydrogens is 288 g/mol. The van der Waals surface area contributed by atoms with Crippen molar-refractivity contribution in [3.8, 4) is 0 Å². The van der Waals surface area contributed by atoms with E-state index in [-0.39, 0.29) is 24.5 Å². The van der Waals surface area contributed by atoms with E-state index in [1.54, 1.807) is 16.2 Å². The van der Waals surface area contributed by atoms with Gasteiger partial charge in [-0.2, -0.15) is 0 Å². The van der Waals surface area contributed by atoms with Crippen LogP contribution in [0.5, 0.6) is 0 Å². The fourth-order valence-corrected chi connectivity index (χ4v) is 3.97. The second-order valence-electron chi connectivity index (χ2n) is 5.63. The number of likely N-dealkylation sites (tertiary alicyclic amines) is 1. The Hall–Kier alpha value is -1.56. The molecule has 1 saturated heterocycles. The zero-order valence-electron chi connectivity index (χ0n) is 12.7. The van der Waals surface area contributed by atoms with Crippen LogP contribution in [0.15, 0.2) is 6.07 Å². The average Bonchev–Trinajstić information content (AvgIpc) is 2.95. The summed E-state index contributed by atoms with van der Waals surface area (Å²) >= 11 is 1.72. The Kier molecular flexibility index (Phi) is 4.88. The summed E-state index contributed by atoms with van der Waals surface area (Å²) in [6.07, 6.45) is 1.67. The van der Waals surface area contributed by atoms with Crippen molar-refractivity contribution >= 4 is 23.3 Å². The number of hydrogen-bond donors (Lipinski definition) is 2. The molecule has 2 N–H and O–H groups in total. The highest BCUT2D eigenvalue weighted by molar-refractivity contribution is 7.12. The highest BCUT2D eigenvalue weighted by Crippen LogP contribution is 2.27. The zero-order valence-corrected chi connectivity index (χ0v) is 13.5. The van der Waals surface area contributed by atoms with Gasteiger partial charge in [-0.05, 0) is 45.2 Å². The normalized spacial score (nSPS) is 19.6. The second-order valence-corrected chi connectivity index (χ2v) is 7.09. The number of carboxylic acids is 1. The Bertz CT molecular complexity index is 541. The molecule has 116 valence electrons. The van der Waals surface area contributed by atoms with E-state index in [2.05, 4.69) is 25.2 Å². The zero-order chi connectivity index (χ0) is 15.6. The maximum atomic E-state index is 12.4. The third-order valence-electron chi connectivity index (χ3n) is 3.93. The molecule has 1 fully saturated rings. The highest BCUT2D eigenvalue weighted by atomic mass is 32.1. The van der Waals surface area contributed by atoms with Crippen LogP contribution in [-0.4, -0.2) is 34.6 Å². The van der Waals surface area contributed by atoms with Crippen molar-refractivity contribution in [2.75, 3.05) is 6.54 Å². The van der Waals surface area contributed by atoms with Gasteiger partial charge in [-0.1, -0.05) is 0 Å². The minimum absolute atomic E-state index is 0.0262. The topological polar surface area (TPSA) is 69.6 Å². The fourth-order valence-electron chi connectivity index (χ4n) is 2.94. The van der Waals surface area contributed by atoms with Crippen molar-refractivity contribution in [1.29, 1.82) is 0 Å². The maximum absolute atomic E-state index is 12.4. The van der Waals surface area contributed by atoms with Crippen LogP contribution < -0.4 is 5.32 Å². The quantitative estimate of drug-likeness (QED) is 0.898. The lowest BCUT2D eigenvalue weighted by Crippen LogP contribution is -2.44. The van der Waals surface area contributed by atoms with E-state index in [0.717, 1.165) is 18.4 Å². The van der Waals surface area contributed by atoms with Gasteiger partial charge in [-0.15, -0.1) is 11.3 Å². The summed E-state index contributed by atoms with van der Waals surface area (Å²) in [6, 6.07) is 1.70. The van der Waals surface area contributed by atoms with Gasteiger partial charge >= 0.3 is 12.0 Å². The average molecular weight is 310 g/mol. The molecule has 0 radical (unpaired) electrons. The van der Waals surface area contributed by atoms with E-state index in [9.17, 15) is 9.59 Å². The number of nitrogens with one attached hydrogen (secondary N) is 1. The number of hydrogen-bond acceptors (Lipinski definition) is 3. The largest absolute Gasteiger partial charge is 0.481 e. The van der Waals surface area contributed by atoms with Gasteiger partial charge in [0.1, 0.15) is 0 Å². The van der Waals surface area contributed by atoms with Crippen molar-refractivity contribution in [3.05, 3.63) is 21.4 Å². The lowest BCUT2D eigenvalue weighted by Gasteiger charge is -2.26. The Morgan fingerprint density at radius 1 is 1.52 bits per heavy atom. The number of aryl methyl sites for hydroxylation is 2. The number of carbonyl (C=O) groups excluding carboxylic acids is 1. The van der Waals surface area contributed by atoms with Crippen LogP contribution in [0.2, 0.25) is 0 Å². The standard InChI is InChI=1S/C15H22N2O3S/c1-9-7-13(11(3)21-9)10(2)16-15(20)17-6-4-5-12(17)8-14(18)19/h7,10,12H,4-6,8H2,1-3H3,(H,16,20)(H,18,19). The first-order valence-corrected chi connectivity index (χ1v) is 8.06. The third kappa shape index (κ3) is 3.75. The number of carbonyl (C=O) groups is 2. The first-order valence-electron chi connectivity index (χ1n) is 7.24. The van der Waals surface area contributed by atoms with Crippen molar-refractivity contribution < 1.29 is 14.7 Å². The van der Waals surface area contributed by atoms with E-state index in [0.29, 0.717) is 6.54 Å². The summed E-state index contributed by atoms with van der Waals surface area (Å²) in [5.74, 6) is -0.850. The molecule has 1 aliphatic heterocycles. The molecule has 0 bridgehead atoms. The van der Waals surface area contributed by atoms with Gasteiger partial charge in [0.25, 0.3) is 0 Å². The molecule has 1 aromatic heterocycles. The van der Waals surface area contributed by atoms with Crippen molar-refractivity contribution in [3.63, 3.8) is 0 Å². The van der Waals surface area contributed by atoms with Gasteiger partial charge in [0, 0.05) is 22.3 Å². The van der Waals surface area contributed by atoms with Crippen LogP contribution in [0, 0.1) is 13.8 Å². The van der Waals surface area contributed by atoms with Gasteiger partial charge in [0.15, 0.2) is 0 Å². The van der Waals surface area contributed by atoms with Crippen molar-refractivity contribution in [2.24, 2.45) is 0 Å². The van der Waals surface area contributed by atoms with Crippen LogP contribution in [-0.2, 0) is 4.79 Å². The van der Waals surface area contributed by atoms with E-state index < -0.39 is 5.97 Å². The summed E-state index contributed by atoms with van der Waals surface area (Å²) in [5, 5.41) is 11.9. The molecule has 0 aromatic carbocycles. The molecule has 1 aliphatic rings. The molecule has 1 aromatic rings. The molecule has 2 rings (SSSR count). The Balaban J connectivity index is 2.00. The number of amides is 2. The molecule has 0 spiro atoms. The van der Waals surface area contributed by atoms with E-state index >= 15 is 0 Å². The molecule has 2 atom stereocenters. The molecule has 6 heteroatoms. The number of urea groups is 1. The minimum Gasteiger partial charge on any atom is -0.481 e. The SMILES string of the molecule is Cc1cc(C(C)NC(=O)N2CCCC2CC(=O)O)c(C)s1. The molecule has 21 heavy (non-hydrogen) atoms. The first kappa shape index (κ1) is 15.8. The number of rotatable bonds is 4. The number of thiophene rings is 1. The second kappa shape index (κ2) is 6.47. The minimum atomic E-state index is -0.850. The van der Waals surface area contributed by atoms with Gasteiger partial charge in [0.2, 0.25) is 0 Å². The molecule has 0 saturated carbocycles. The van der Waals surface area contributed by atoms with Gasteiger partial charge in [0.05, 0.1) is 12.5 Å². The lowest BCUT2D eigenvalue weighted by molar-refractivity contribution is -0.137. The van der Waals surface area contributed by atoms with E-state index in [1.165, 1.54) is 9.75 Å². The van der Waals surface area contributed by atoms with Gasteiger partial charge in [-0.25, -0.2) is 4.79 Å². The smallest absolute Gasteiger partial charge is 0.318 e. The summed E-state index contributed by atoms with van der Waals surface area (Å²) in [5.41, 5.74) is 1.14. The summed E-state index contributed by atoms with van der Waals surface area (Å²) in [7, 11) is 0. The van der Waals surface area contributed by atoms with Crippen LogP contribution in [0.4, 0.5) is 4.79 Å². The predicted molar refractivity (Wildman–Crippen MR) is 82.7 cm³/mol. The van der Waals surface area contributed by atoms with Gasteiger partial charge in [-0.3, -0.25) is 4.79 Å². The van der Waals surface area contributed by atoms with Crippen LogP contribution >= 0.6 is 11.3 Å². The monoisotopic (exact) mass is 310 g/mol. The van der Waals surface area contributed by atoms with Crippen molar-refractivity contribution in [1.82, 2.24) is 10.2 Å². The Morgan fingerprint density at radius 3 is 2.81 bits per heavy atom. The summed E-state index contributed by atoms with van der Waals surface area (Å²) < 4.78 is 0. The van der Waals surface area contributed by atoms with Gasteiger partial charge < -0.3 is 15.3 Å². The van der Waals surface area contributed by atoms with Crippen LogP contribution in [0.25, 0.3) is 0 Å². The summed E-state index contributed by atoms with van der Waals surface area (Å²) in [6.45, 7) is 6.71. The van der Waals surface area contributed by atoms with Crippen LogP contribution in [0.1, 0.15) is 47.5 Å². The molecule has 0 aliphatic carbocycles. The number of carboxylic acid groups (broad SMARTS) is 1. The predicted octanol–water partition coefficient (Wildman–Crippen LogP) is 3.07. The van der Waals surface area contributed by atoms with E-state index in [4.69, 9.17) is 5.11 Å². The number of nitrogens with zero attached hydrogens (tertiary/aromatic N) is 1. The Morgan fingerprint density at radius 2 is 2.24 bits per heavy atom. The maximum Gasteiger partial charge on any atom is 0.318 e. The lowest BCUT2D eigenvalue weighted by atomic mass is 10.1. The molecular formula is C15H22N2O3S. The van der Waals surface area contributed by atoms with Crippen molar-refractivity contribution in [2.45, 2.75) is 52.1 Å². The third-order valence-corrected chi connectivity index (χ3v) is 4.92. The molecule has 2 amide bonds. The molecule has 5 nitrogen and oxygen atoms in total. The van der Waals surface area contributed by atoms with Crippen LogP contribution in [0.3, 0.4) is 0 Å². The first-order chi connectivity index (χ1) is 9.88. The Labute approximate surface area is 129 Å². The molecule has 2 heterocycles. The number of aliphatic carboxylic acids is 1. The fraction of sp³-hybridized carbons (Fsp3) is 0.600. The van der Waals surface area contributed by atoms with E-state index in [1.807, 2.05) is 6.92 Å². The molecule has 2 unspecified atom stereocenters.